The van der Waals surface area contributed by atoms with Crippen LogP contribution in [0.5, 0.6) is 11.5 Å². The highest BCUT2D eigenvalue weighted by molar-refractivity contribution is 5.94. The van der Waals surface area contributed by atoms with E-state index in [0.717, 1.165) is 11.4 Å². The summed E-state index contributed by atoms with van der Waals surface area (Å²) in [5, 5.41) is 16.8. The minimum Gasteiger partial charge on any atom is -0.504 e. The van der Waals surface area contributed by atoms with Gasteiger partial charge < -0.3 is 15.2 Å². The average molecular weight is 337 g/mol. The van der Waals surface area contributed by atoms with Crippen molar-refractivity contribution in [2.75, 3.05) is 13.2 Å². The van der Waals surface area contributed by atoms with E-state index < -0.39 is 5.91 Å². The van der Waals surface area contributed by atoms with Gasteiger partial charge in [0.15, 0.2) is 11.4 Å². The first-order valence-electron chi connectivity index (χ1n) is 8.04. The minimum absolute atomic E-state index is 0.00725. The van der Waals surface area contributed by atoms with Gasteiger partial charge in [-0.1, -0.05) is 36.4 Å². The maximum atomic E-state index is 12.2. The van der Waals surface area contributed by atoms with E-state index in [-0.39, 0.29) is 11.4 Å². The summed E-state index contributed by atoms with van der Waals surface area (Å²) in [5.74, 6) is 0.238. The molecule has 3 aromatic rings. The molecule has 2 aromatic carbocycles. The number of carbonyl (C=O) groups is 1. The van der Waals surface area contributed by atoms with E-state index in [2.05, 4.69) is 10.4 Å². The number of rotatable bonds is 7. The summed E-state index contributed by atoms with van der Waals surface area (Å²) in [6, 6.07) is 18.8. The molecule has 0 aliphatic rings. The fourth-order valence-electron chi connectivity index (χ4n) is 2.30. The van der Waals surface area contributed by atoms with Crippen LogP contribution in [0.4, 0.5) is 0 Å². The molecule has 6 heteroatoms. The van der Waals surface area contributed by atoms with Crippen LogP contribution in [-0.4, -0.2) is 33.9 Å². The number of benzene rings is 2. The lowest BCUT2D eigenvalue weighted by Gasteiger charge is -2.06. The SMILES string of the molecule is O=C(NCCCOc1ccccc1)c1nn(-c2ccccc2)cc1O. The van der Waals surface area contributed by atoms with Crippen molar-refractivity contribution in [1.82, 2.24) is 15.1 Å². The van der Waals surface area contributed by atoms with Crippen LogP contribution < -0.4 is 10.1 Å². The van der Waals surface area contributed by atoms with Crippen LogP contribution in [0, 0.1) is 0 Å². The predicted molar refractivity (Wildman–Crippen MR) is 94.1 cm³/mol. The molecule has 1 heterocycles. The Hall–Kier alpha value is -3.28. The smallest absolute Gasteiger partial charge is 0.275 e. The Bertz CT molecular complexity index is 816. The maximum Gasteiger partial charge on any atom is 0.275 e. The largest absolute Gasteiger partial charge is 0.504 e. The van der Waals surface area contributed by atoms with Crippen LogP contribution in [0.3, 0.4) is 0 Å². The van der Waals surface area contributed by atoms with Gasteiger partial charge in [0.2, 0.25) is 0 Å². The molecule has 0 bridgehead atoms. The number of ether oxygens (including phenoxy) is 1. The minimum atomic E-state index is -0.410. The zero-order chi connectivity index (χ0) is 17.5. The molecule has 0 fully saturated rings. The molecule has 0 aliphatic heterocycles. The van der Waals surface area contributed by atoms with Crippen LogP contribution in [-0.2, 0) is 0 Å². The highest BCUT2D eigenvalue weighted by atomic mass is 16.5. The first kappa shape index (κ1) is 16.6. The van der Waals surface area contributed by atoms with Crippen molar-refractivity contribution in [3.8, 4) is 17.2 Å². The van der Waals surface area contributed by atoms with Crippen molar-refractivity contribution >= 4 is 5.91 Å². The Balaban J connectivity index is 1.49. The number of nitrogens with one attached hydrogen (secondary N) is 1. The van der Waals surface area contributed by atoms with Gasteiger partial charge in [-0.05, 0) is 30.7 Å². The molecule has 128 valence electrons. The van der Waals surface area contributed by atoms with E-state index in [0.29, 0.717) is 19.6 Å². The van der Waals surface area contributed by atoms with Crippen molar-refractivity contribution in [1.29, 1.82) is 0 Å². The van der Waals surface area contributed by atoms with Crippen molar-refractivity contribution < 1.29 is 14.6 Å². The zero-order valence-corrected chi connectivity index (χ0v) is 13.6. The lowest BCUT2D eigenvalue weighted by atomic mass is 10.3. The molecule has 0 unspecified atom stereocenters. The second kappa shape index (κ2) is 8.01. The number of hydrogen-bond donors (Lipinski definition) is 2. The summed E-state index contributed by atoms with van der Waals surface area (Å²) in [5.41, 5.74) is 0.779. The van der Waals surface area contributed by atoms with Gasteiger partial charge in [0.05, 0.1) is 18.5 Å². The van der Waals surface area contributed by atoms with Gasteiger partial charge in [0.25, 0.3) is 5.91 Å². The molecule has 0 radical (unpaired) electrons. The molecule has 1 aromatic heterocycles. The average Bonchev–Trinajstić information content (AvgIpc) is 3.05. The van der Waals surface area contributed by atoms with Gasteiger partial charge in [-0.2, -0.15) is 5.10 Å². The van der Waals surface area contributed by atoms with E-state index in [4.69, 9.17) is 4.74 Å². The topological polar surface area (TPSA) is 76.4 Å². The van der Waals surface area contributed by atoms with Crippen LogP contribution in [0.15, 0.2) is 66.9 Å². The Kier molecular flexibility index (Phi) is 5.31. The first-order valence-corrected chi connectivity index (χ1v) is 8.04. The third kappa shape index (κ3) is 4.38. The summed E-state index contributed by atoms with van der Waals surface area (Å²) in [7, 11) is 0. The number of aromatic hydroxyl groups is 1. The van der Waals surface area contributed by atoms with Crippen molar-refractivity contribution in [3.05, 3.63) is 72.6 Å². The van der Waals surface area contributed by atoms with E-state index in [1.165, 1.54) is 10.9 Å². The fraction of sp³-hybridized carbons (Fsp3) is 0.158. The monoisotopic (exact) mass is 337 g/mol. The standard InChI is InChI=1S/C19H19N3O3/c23-17-14-22(15-8-3-1-4-9-15)21-18(17)19(24)20-12-7-13-25-16-10-5-2-6-11-16/h1-6,8-11,14,23H,7,12-13H2,(H,20,24). The molecule has 2 N–H and O–H groups in total. The number of amides is 1. The number of aromatic nitrogens is 2. The summed E-state index contributed by atoms with van der Waals surface area (Å²) in [6.45, 7) is 0.929. The number of para-hydroxylation sites is 2. The third-order valence-corrected chi connectivity index (χ3v) is 3.55. The summed E-state index contributed by atoms with van der Waals surface area (Å²) in [6.07, 6.45) is 2.07. The third-order valence-electron chi connectivity index (χ3n) is 3.55. The van der Waals surface area contributed by atoms with Gasteiger partial charge >= 0.3 is 0 Å². The van der Waals surface area contributed by atoms with Crippen LogP contribution in [0.2, 0.25) is 0 Å². The van der Waals surface area contributed by atoms with Crippen molar-refractivity contribution in [3.63, 3.8) is 0 Å². The van der Waals surface area contributed by atoms with E-state index in [1.807, 2.05) is 60.7 Å². The molecule has 6 nitrogen and oxygen atoms in total. The summed E-state index contributed by atoms with van der Waals surface area (Å²) < 4.78 is 7.03. The molecule has 25 heavy (non-hydrogen) atoms. The van der Waals surface area contributed by atoms with E-state index >= 15 is 0 Å². The molecular formula is C19H19N3O3. The van der Waals surface area contributed by atoms with Gasteiger partial charge in [0.1, 0.15) is 5.75 Å². The lowest BCUT2D eigenvalue weighted by Crippen LogP contribution is -2.26. The Morgan fingerprint density at radius 1 is 1.08 bits per heavy atom. The maximum absolute atomic E-state index is 12.2. The second-order valence-corrected chi connectivity index (χ2v) is 5.41. The quantitative estimate of drug-likeness (QED) is 0.650. The van der Waals surface area contributed by atoms with Gasteiger partial charge in [-0.3, -0.25) is 4.79 Å². The van der Waals surface area contributed by atoms with Gasteiger partial charge in [-0.15, -0.1) is 0 Å². The normalized spacial score (nSPS) is 10.4. The molecule has 0 saturated heterocycles. The molecule has 1 amide bonds. The Labute approximate surface area is 145 Å². The first-order chi connectivity index (χ1) is 12.2. The van der Waals surface area contributed by atoms with Crippen molar-refractivity contribution in [2.45, 2.75) is 6.42 Å². The van der Waals surface area contributed by atoms with Crippen LogP contribution >= 0.6 is 0 Å². The van der Waals surface area contributed by atoms with E-state index in [9.17, 15) is 9.90 Å². The number of hydrogen-bond acceptors (Lipinski definition) is 4. The molecular weight excluding hydrogens is 318 g/mol. The molecule has 3 rings (SSSR count). The van der Waals surface area contributed by atoms with Crippen LogP contribution in [0.25, 0.3) is 5.69 Å². The second-order valence-electron chi connectivity index (χ2n) is 5.41. The Morgan fingerprint density at radius 3 is 2.48 bits per heavy atom. The number of carbonyl (C=O) groups excluding carboxylic acids is 1. The predicted octanol–water partition coefficient (Wildman–Crippen LogP) is 2.78. The highest BCUT2D eigenvalue weighted by Crippen LogP contribution is 2.17. The number of nitrogens with zero attached hydrogens (tertiary/aromatic N) is 2. The highest BCUT2D eigenvalue weighted by Gasteiger charge is 2.16. The zero-order valence-electron chi connectivity index (χ0n) is 13.6. The van der Waals surface area contributed by atoms with E-state index in [1.54, 1.807) is 0 Å². The fourth-order valence-corrected chi connectivity index (χ4v) is 2.30. The lowest BCUT2D eigenvalue weighted by molar-refractivity contribution is 0.0943. The van der Waals surface area contributed by atoms with Crippen LogP contribution in [0.1, 0.15) is 16.9 Å². The molecule has 0 saturated carbocycles. The van der Waals surface area contributed by atoms with Gasteiger partial charge in [0, 0.05) is 6.54 Å². The Morgan fingerprint density at radius 2 is 1.76 bits per heavy atom. The molecule has 0 atom stereocenters. The molecule has 0 aliphatic carbocycles. The summed E-state index contributed by atoms with van der Waals surface area (Å²) >= 11 is 0. The summed E-state index contributed by atoms with van der Waals surface area (Å²) in [4.78, 5) is 12.2. The van der Waals surface area contributed by atoms with Crippen molar-refractivity contribution in [2.24, 2.45) is 0 Å². The van der Waals surface area contributed by atoms with Gasteiger partial charge in [-0.25, -0.2) is 4.68 Å². The molecule has 0 spiro atoms.